The van der Waals surface area contributed by atoms with Crippen LogP contribution in [0.15, 0.2) is 101 Å². The number of rotatable bonds is 7. The molecule has 1 amide bonds. The molecule has 1 heterocycles. The lowest BCUT2D eigenvalue weighted by atomic mass is 10.1. The molecule has 0 saturated carbocycles. The van der Waals surface area contributed by atoms with E-state index in [1.54, 1.807) is 12.0 Å². The Hall–Kier alpha value is -4.29. The molecule has 1 aliphatic rings. The van der Waals surface area contributed by atoms with Crippen molar-refractivity contribution < 1.29 is 14.3 Å². The van der Waals surface area contributed by atoms with Gasteiger partial charge in [0.1, 0.15) is 6.61 Å². The Kier molecular flexibility index (Phi) is 7.84. The molecular weight excluding hydrogens is 504 g/mol. The van der Waals surface area contributed by atoms with Gasteiger partial charge in [-0.1, -0.05) is 71.3 Å². The third kappa shape index (κ3) is 6.24. The Labute approximate surface area is 233 Å². The van der Waals surface area contributed by atoms with E-state index >= 15 is 0 Å². The van der Waals surface area contributed by atoms with Crippen molar-refractivity contribution in [3.8, 4) is 11.5 Å². The average molecular weight is 535 g/mol. The summed E-state index contributed by atoms with van der Waals surface area (Å²) in [5.74, 6) is 1.14. The van der Waals surface area contributed by atoms with Crippen LogP contribution in [0.1, 0.15) is 27.8 Å². The topological polar surface area (TPSA) is 51.1 Å². The number of aliphatic imine (C=N–C) groups is 1. The van der Waals surface area contributed by atoms with Gasteiger partial charge in [-0.25, -0.2) is 4.99 Å². The maximum Gasteiger partial charge on any atom is 0.271 e. The maximum absolute atomic E-state index is 13.7. The first-order valence-corrected chi connectivity index (χ1v) is 13.5. The van der Waals surface area contributed by atoms with Crippen molar-refractivity contribution in [2.24, 2.45) is 4.99 Å². The summed E-state index contributed by atoms with van der Waals surface area (Å²) in [4.78, 5) is 20.7. The minimum Gasteiger partial charge on any atom is -0.493 e. The van der Waals surface area contributed by atoms with Crippen molar-refractivity contribution in [2.75, 3.05) is 12.0 Å². The number of amidine groups is 1. The summed E-state index contributed by atoms with van der Waals surface area (Å²) >= 11 is 1.36. The number of anilines is 1. The Morgan fingerprint density at radius 2 is 1.41 bits per heavy atom. The Bertz CT molecular complexity index is 1540. The van der Waals surface area contributed by atoms with Gasteiger partial charge in [-0.15, -0.1) is 0 Å². The summed E-state index contributed by atoms with van der Waals surface area (Å²) in [7, 11) is 1.62. The van der Waals surface area contributed by atoms with Crippen LogP contribution >= 0.6 is 11.8 Å². The largest absolute Gasteiger partial charge is 0.493 e. The first kappa shape index (κ1) is 26.3. The second-order valence-electron chi connectivity index (χ2n) is 9.50. The molecule has 196 valence electrons. The number of carbonyl (C=O) groups is 1. The zero-order valence-electron chi connectivity index (χ0n) is 22.5. The van der Waals surface area contributed by atoms with Crippen LogP contribution in [-0.2, 0) is 11.4 Å². The minimum absolute atomic E-state index is 0.117. The first-order chi connectivity index (χ1) is 18.9. The van der Waals surface area contributed by atoms with Crippen LogP contribution in [0, 0.1) is 20.8 Å². The van der Waals surface area contributed by atoms with Gasteiger partial charge in [-0.2, -0.15) is 0 Å². The van der Waals surface area contributed by atoms with Crippen molar-refractivity contribution in [3.05, 3.63) is 124 Å². The molecular formula is C33H30N2O3S. The lowest BCUT2D eigenvalue weighted by Gasteiger charge is -2.16. The first-order valence-electron chi connectivity index (χ1n) is 12.7. The molecule has 0 radical (unpaired) electrons. The highest BCUT2D eigenvalue weighted by Crippen LogP contribution is 2.38. The van der Waals surface area contributed by atoms with E-state index in [1.807, 2.05) is 86.7 Å². The number of aryl methyl sites for hydroxylation is 3. The van der Waals surface area contributed by atoms with Gasteiger partial charge in [-0.3, -0.25) is 9.69 Å². The van der Waals surface area contributed by atoms with Gasteiger partial charge in [0.05, 0.1) is 23.4 Å². The molecule has 0 aromatic heterocycles. The fourth-order valence-corrected chi connectivity index (χ4v) is 5.09. The van der Waals surface area contributed by atoms with E-state index in [2.05, 4.69) is 31.2 Å². The Morgan fingerprint density at radius 3 is 2.05 bits per heavy atom. The van der Waals surface area contributed by atoms with Crippen LogP contribution in [0.2, 0.25) is 0 Å². The molecule has 0 unspecified atom stereocenters. The Balaban J connectivity index is 1.43. The van der Waals surface area contributed by atoms with Crippen LogP contribution in [0.4, 0.5) is 11.4 Å². The van der Waals surface area contributed by atoms with Gasteiger partial charge in [0, 0.05) is 0 Å². The van der Waals surface area contributed by atoms with Crippen LogP contribution in [0.3, 0.4) is 0 Å². The Morgan fingerprint density at radius 1 is 0.795 bits per heavy atom. The fraction of sp³-hybridized carbons (Fsp3) is 0.152. The van der Waals surface area contributed by atoms with Crippen LogP contribution < -0.4 is 14.4 Å². The van der Waals surface area contributed by atoms with Crippen molar-refractivity contribution in [1.29, 1.82) is 0 Å². The summed E-state index contributed by atoms with van der Waals surface area (Å²) in [6, 6.07) is 29.8. The molecule has 4 aromatic rings. The molecule has 0 N–H and O–H groups in total. The van der Waals surface area contributed by atoms with Crippen LogP contribution in [-0.4, -0.2) is 18.2 Å². The number of hydrogen-bond acceptors (Lipinski definition) is 5. The summed E-state index contributed by atoms with van der Waals surface area (Å²) in [5, 5.41) is 0.615. The third-order valence-electron chi connectivity index (χ3n) is 6.36. The number of ether oxygens (including phenoxy) is 2. The van der Waals surface area contributed by atoms with E-state index in [1.165, 1.54) is 17.3 Å². The highest BCUT2D eigenvalue weighted by atomic mass is 32.2. The molecule has 0 aliphatic carbocycles. The van der Waals surface area contributed by atoms with E-state index in [0.29, 0.717) is 28.2 Å². The van der Waals surface area contributed by atoms with Gasteiger partial charge in [0.25, 0.3) is 5.91 Å². The lowest BCUT2D eigenvalue weighted by Crippen LogP contribution is -2.28. The molecule has 0 spiro atoms. The summed E-state index contributed by atoms with van der Waals surface area (Å²) < 4.78 is 11.6. The van der Waals surface area contributed by atoms with Crippen molar-refractivity contribution >= 4 is 40.3 Å². The number of hydrogen-bond donors (Lipinski definition) is 0. The molecule has 0 atom stereocenters. The number of amides is 1. The smallest absolute Gasteiger partial charge is 0.271 e. The van der Waals surface area contributed by atoms with E-state index in [4.69, 9.17) is 14.5 Å². The number of nitrogens with zero attached hydrogens (tertiary/aromatic N) is 2. The highest BCUT2D eigenvalue weighted by Gasteiger charge is 2.34. The summed E-state index contributed by atoms with van der Waals surface area (Å²) in [5.41, 5.74) is 6.99. The predicted molar refractivity (Wildman–Crippen MR) is 161 cm³/mol. The van der Waals surface area contributed by atoms with Crippen molar-refractivity contribution in [2.45, 2.75) is 27.4 Å². The molecule has 1 saturated heterocycles. The van der Waals surface area contributed by atoms with E-state index in [-0.39, 0.29) is 5.91 Å². The molecule has 4 aromatic carbocycles. The van der Waals surface area contributed by atoms with Crippen LogP contribution in [0.25, 0.3) is 6.08 Å². The van der Waals surface area contributed by atoms with Gasteiger partial charge in [0.15, 0.2) is 16.7 Å². The monoisotopic (exact) mass is 534 g/mol. The van der Waals surface area contributed by atoms with Gasteiger partial charge >= 0.3 is 0 Å². The zero-order chi connectivity index (χ0) is 27.4. The number of benzene rings is 4. The van der Waals surface area contributed by atoms with Gasteiger partial charge in [0.2, 0.25) is 0 Å². The molecule has 5 nitrogen and oxygen atoms in total. The lowest BCUT2D eigenvalue weighted by molar-refractivity contribution is -0.113. The van der Waals surface area contributed by atoms with Crippen LogP contribution in [0.5, 0.6) is 11.5 Å². The number of methoxy groups -OCH3 is 1. The summed E-state index contributed by atoms with van der Waals surface area (Å²) in [6.45, 7) is 6.57. The normalized spacial score (nSPS) is 15.3. The number of carbonyl (C=O) groups excluding carboxylic acids is 1. The molecule has 6 heteroatoms. The van der Waals surface area contributed by atoms with E-state index in [0.717, 1.165) is 33.6 Å². The summed E-state index contributed by atoms with van der Waals surface area (Å²) in [6.07, 6.45) is 1.87. The quantitative estimate of drug-likeness (QED) is 0.225. The zero-order valence-corrected chi connectivity index (χ0v) is 23.3. The highest BCUT2D eigenvalue weighted by molar-refractivity contribution is 8.19. The van der Waals surface area contributed by atoms with Gasteiger partial charge < -0.3 is 9.47 Å². The SMILES string of the molecule is COc1cc(/C=C2\SC(=Nc3ccc(C)cc3)N(c3ccc(C)cc3)C2=O)ccc1OCc1ccc(C)cc1. The van der Waals surface area contributed by atoms with E-state index < -0.39 is 0 Å². The molecule has 39 heavy (non-hydrogen) atoms. The molecule has 0 bridgehead atoms. The third-order valence-corrected chi connectivity index (χ3v) is 7.33. The van der Waals surface area contributed by atoms with Crippen molar-refractivity contribution in [3.63, 3.8) is 0 Å². The molecule has 1 fully saturated rings. The second kappa shape index (κ2) is 11.6. The predicted octanol–water partition coefficient (Wildman–Crippen LogP) is 8.01. The fourth-order valence-electron chi connectivity index (χ4n) is 4.09. The minimum atomic E-state index is -0.117. The maximum atomic E-state index is 13.7. The standard InChI is InChI=1S/C33H30N2O3S/c1-22-5-11-25(12-6-22)21-38-29-18-13-26(19-30(29)37-4)20-31-32(36)35(28-16-9-24(3)10-17-28)33(39-31)34-27-14-7-23(2)8-15-27/h5-20H,21H2,1-4H3/b31-20-,34-33?. The average Bonchev–Trinajstić information content (AvgIpc) is 3.24. The van der Waals surface area contributed by atoms with E-state index in [9.17, 15) is 4.79 Å². The molecule has 1 aliphatic heterocycles. The second-order valence-corrected chi connectivity index (χ2v) is 10.5. The number of thioether (sulfide) groups is 1. The van der Waals surface area contributed by atoms with Crippen molar-refractivity contribution in [1.82, 2.24) is 0 Å². The molecule has 5 rings (SSSR count). The van der Waals surface area contributed by atoms with Gasteiger partial charge in [-0.05, 0) is 86.1 Å².